The van der Waals surface area contributed by atoms with Crippen LogP contribution in [0.1, 0.15) is 50.5 Å². The molecule has 1 saturated heterocycles. The maximum Gasteiger partial charge on any atom is 0.243 e. The van der Waals surface area contributed by atoms with Gasteiger partial charge in [0.05, 0.1) is 31.1 Å². The van der Waals surface area contributed by atoms with Gasteiger partial charge in [-0.3, -0.25) is 0 Å². The molecule has 0 spiro atoms. The van der Waals surface area contributed by atoms with E-state index < -0.39 is 10.0 Å². The number of hydrogen-bond donors (Lipinski definition) is 1. The zero-order valence-corrected chi connectivity index (χ0v) is 15.8. The molecule has 2 aliphatic rings. The van der Waals surface area contributed by atoms with Crippen molar-refractivity contribution in [1.82, 2.24) is 4.31 Å². The first-order valence-electron chi connectivity index (χ1n) is 9.36. The van der Waals surface area contributed by atoms with E-state index in [9.17, 15) is 8.42 Å². The molecule has 1 aromatic carbocycles. The fourth-order valence-electron chi connectivity index (χ4n) is 4.04. The lowest BCUT2D eigenvalue weighted by molar-refractivity contribution is -0.918. The van der Waals surface area contributed by atoms with Gasteiger partial charge in [0, 0.05) is 6.92 Å². The molecule has 0 bridgehead atoms. The predicted molar refractivity (Wildman–Crippen MR) is 96.8 cm³/mol. The Labute approximate surface area is 151 Å². The normalized spacial score (nSPS) is 22.4. The van der Waals surface area contributed by atoms with Crippen LogP contribution in [-0.4, -0.2) is 44.9 Å². The summed E-state index contributed by atoms with van der Waals surface area (Å²) in [5.74, 6) is 0.588. The predicted octanol–water partition coefficient (Wildman–Crippen LogP) is 1.54. The van der Waals surface area contributed by atoms with Crippen LogP contribution < -0.4 is 4.90 Å². The van der Waals surface area contributed by atoms with E-state index in [1.807, 2.05) is 19.1 Å². The second-order valence-electron chi connectivity index (χ2n) is 7.32. The summed E-state index contributed by atoms with van der Waals surface area (Å²) in [7, 11) is -3.43. The molecule has 0 radical (unpaired) electrons. The summed E-state index contributed by atoms with van der Waals surface area (Å²) in [4.78, 5) is 1.56. The largest absolute Gasteiger partial charge is 0.319 e. The molecule has 1 aliphatic carbocycles. The van der Waals surface area contributed by atoms with Gasteiger partial charge in [-0.1, -0.05) is 31.4 Å². The Kier molecular flexibility index (Phi) is 5.78. The summed E-state index contributed by atoms with van der Waals surface area (Å²) >= 11 is 0. The second-order valence-corrected chi connectivity index (χ2v) is 9.26. The molecule has 25 heavy (non-hydrogen) atoms. The van der Waals surface area contributed by atoms with Crippen molar-refractivity contribution < 1.29 is 13.3 Å². The molecule has 1 saturated carbocycles. The number of nitrogens with zero attached hydrogens (tertiary/aromatic N) is 2. The third kappa shape index (κ3) is 4.05. The van der Waals surface area contributed by atoms with E-state index >= 15 is 0 Å². The van der Waals surface area contributed by atoms with Crippen LogP contribution in [0, 0.1) is 11.3 Å². The smallest absolute Gasteiger partial charge is 0.243 e. The highest BCUT2D eigenvalue weighted by Gasteiger charge is 2.32. The highest BCUT2D eigenvalue weighted by molar-refractivity contribution is 7.89. The molecule has 0 amide bonds. The third-order valence-corrected chi connectivity index (χ3v) is 7.68. The van der Waals surface area contributed by atoms with Crippen LogP contribution in [0.4, 0.5) is 0 Å². The van der Waals surface area contributed by atoms with Crippen molar-refractivity contribution in [3.05, 3.63) is 29.8 Å². The number of benzene rings is 1. The van der Waals surface area contributed by atoms with Crippen molar-refractivity contribution in [2.45, 2.75) is 55.9 Å². The average Bonchev–Trinajstić information content (AvgIpc) is 2.68. The lowest BCUT2D eigenvalue weighted by Crippen LogP contribution is -3.17. The van der Waals surface area contributed by atoms with Gasteiger partial charge < -0.3 is 4.90 Å². The highest BCUT2D eigenvalue weighted by Crippen LogP contribution is 2.33. The van der Waals surface area contributed by atoms with Crippen LogP contribution in [0.25, 0.3) is 0 Å². The molecule has 1 heterocycles. The van der Waals surface area contributed by atoms with Gasteiger partial charge in [-0.25, -0.2) is 8.42 Å². The van der Waals surface area contributed by atoms with E-state index in [2.05, 4.69) is 6.07 Å². The molecule has 3 rings (SSSR count). The summed E-state index contributed by atoms with van der Waals surface area (Å²) in [5, 5.41) is 9.02. The van der Waals surface area contributed by atoms with Crippen molar-refractivity contribution in [3.63, 3.8) is 0 Å². The zero-order valence-electron chi connectivity index (χ0n) is 14.9. The summed E-state index contributed by atoms with van der Waals surface area (Å²) in [5.41, 5.74) is 1.27. The molecule has 0 unspecified atom stereocenters. The summed E-state index contributed by atoms with van der Waals surface area (Å²) in [6.45, 7) is 4.23. The zero-order chi connectivity index (χ0) is 17.9. The first-order chi connectivity index (χ1) is 12.0. The lowest BCUT2D eigenvalue weighted by atomic mass is 9.84. The number of hydrogen-bond acceptors (Lipinski definition) is 3. The van der Waals surface area contributed by atoms with Gasteiger partial charge in [0.1, 0.15) is 6.07 Å². The Balaban J connectivity index is 1.67. The minimum absolute atomic E-state index is 0.0837. The number of piperazine rings is 1. The lowest BCUT2D eigenvalue weighted by Gasteiger charge is -2.32. The molecule has 1 N–H and O–H groups in total. The van der Waals surface area contributed by atoms with Crippen LogP contribution in [0.5, 0.6) is 0 Å². The molecule has 136 valence electrons. The van der Waals surface area contributed by atoms with Gasteiger partial charge >= 0.3 is 0 Å². The second kappa shape index (κ2) is 7.86. The van der Waals surface area contributed by atoms with Gasteiger partial charge in [-0.05, 0) is 36.5 Å². The summed E-state index contributed by atoms with van der Waals surface area (Å²) < 4.78 is 27.3. The molecular weight excluding hydrogens is 334 g/mol. The topological polar surface area (TPSA) is 65.6 Å². The molecule has 6 heteroatoms. The third-order valence-electron chi connectivity index (χ3n) is 5.77. The van der Waals surface area contributed by atoms with Gasteiger partial charge in [-0.15, -0.1) is 0 Å². The monoisotopic (exact) mass is 362 g/mol. The number of nitrogens with one attached hydrogen (secondary N) is 1. The van der Waals surface area contributed by atoms with E-state index in [0.717, 1.165) is 0 Å². The van der Waals surface area contributed by atoms with Crippen molar-refractivity contribution in [3.8, 4) is 6.07 Å². The van der Waals surface area contributed by atoms with Crippen molar-refractivity contribution >= 4 is 10.0 Å². The summed E-state index contributed by atoms with van der Waals surface area (Å²) in [6.07, 6.45) is 6.31. The molecule has 2 fully saturated rings. The number of rotatable bonds is 4. The average molecular weight is 363 g/mol. The number of sulfonamides is 1. The first-order valence-corrected chi connectivity index (χ1v) is 10.8. The number of nitriles is 1. The van der Waals surface area contributed by atoms with E-state index in [1.165, 1.54) is 42.6 Å². The Morgan fingerprint density at radius 3 is 2.28 bits per heavy atom. The van der Waals surface area contributed by atoms with Crippen molar-refractivity contribution in [2.24, 2.45) is 0 Å². The van der Waals surface area contributed by atoms with Gasteiger partial charge in [0.15, 0.2) is 6.04 Å². The van der Waals surface area contributed by atoms with E-state index in [1.54, 1.807) is 16.4 Å². The van der Waals surface area contributed by atoms with Crippen LogP contribution in [0.2, 0.25) is 0 Å². The number of quaternary nitrogens is 1. The van der Waals surface area contributed by atoms with E-state index in [4.69, 9.17) is 5.26 Å². The van der Waals surface area contributed by atoms with Crippen LogP contribution in [-0.2, 0) is 10.0 Å². The first kappa shape index (κ1) is 18.4. The minimum atomic E-state index is -3.43. The Hall–Kier alpha value is -1.42. The van der Waals surface area contributed by atoms with Crippen LogP contribution in [0.15, 0.2) is 29.2 Å². The highest BCUT2D eigenvalue weighted by atomic mass is 32.2. The molecular formula is C19H28N3O2S+. The van der Waals surface area contributed by atoms with E-state index in [0.29, 0.717) is 37.0 Å². The van der Waals surface area contributed by atoms with Gasteiger partial charge in [-0.2, -0.15) is 9.57 Å². The van der Waals surface area contributed by atoms with Gasteiger partial charge in [0.2, 0.25) is 10.0 Å². The fourth-order valence-corrected chi connectivity index (χ4v) is 5.48. The Morgan fingerprint density at radius 1 is 1.12 bits per heavy atom. The van der Waals surface area contributed by atoms with Crippen molar-refractivity contribution in [1.29, 1.82) is 5.26 Å². The van der Waals surface area contributed by atoms with Crippen molar-refractivity contribution in [2.75, 3.05) is 26.2 Å². The quantitative estimate of drug-likeness (QED) is 0.883. The SMILES string of the molecule is C[C@H](C#N)[NH+]1CCN(S(=O)(=O)c2ccc(C3CCCCC3)cc2)CC1. The minimum Gasteiger partial charge on any atom is -0.319 e. The molecule has 1 atom stereocenters. The Bertz CT molecular complexity index is 710. The summed E-state index contributed by atoms with van der Waals surface area (Å²) in [6, 6.07) is 9.72. The van der Waals surface area contributed by atoms with Gasteiger partial charge in [0.25, 0.3) is 0 Å². The molecule has 1 aromatic rings. The maximum atomic E-state index is 12.9. The molecule has 0 aromatic heterocycles. The standard InChI is InChI=1S/C19H27N3O2S/c1-16(15-20)21-11-13-22(14-12-21)25(23,24)19-9-7-18(8-10-19)17-5-3-2-4-6-17/h7-10,16-17H,2-6,11-14H2,1H3/p+1/t16-/m1/s1. The van der Waals surface area contributed by atoms with Crippen LogP contribution in [0.3, 0.4) is 0 Å². The fraction of sp³-hybridized carbons (Fsp3) is 0.632. The Morgan fingerprint density at radius 2 is 1.72 bits per heavy atom. The molecule has 5 nitrogen and oxygen atoms in total. The molecule has 1 aliphatic heterocycles. The maximum absolute atomic E-state index is 12.9. The van der Waals surface area contributed by atoms with E-state index in [-0.39, 0.29) is 6.04 Å². The van der Waals surface area contributed by atoms with Crippen LogP contribution >= 0.6 is 0 Å².